The first-order valence-corrected chi connectivity index (χ1v) is 7.25. The summed E-state index contributed by atoms with van der Waals surface area (Å²) >= 11 is 0. The van der Waals surface area contributed by atoms with Crippen LogP contribution in [0.3, 0.4) is 0 Å². The van der Waals surface area contributed by atoms with Crippen LogP contribution in [0.15, 0.2) is 12.2 Å². The highest BCUT2D eigenvalue weighted by Gasteiger charge is 2.41. The largest absolute Gasteiger partial charge is 0.444 e. The van der Waals surface area contributed by atoms with Crippen LogP contribution >= 0.6 is 0 Å². The van der Waals surface area contributed by atoms with Gasteiger partial charge in [0.2, 0.25) is 0 Å². The molecule has 0 bridgehead atoms. The van der Waals surface area contributed by atoms with Crippen molar-refractivity contribution < 1.29 is 9.53 Å². The summed E-state index contributed by atoms with van der Waals surface area (Å²) < 4.78 is 5.21. The summed E-state index contributed by atoms with van der Waals surface area (Å²) in [5.41, 5.74) is -0.434. The van der Waals surface area contributed by atoms with E-state index in [4.69, 9.17) is 4.74 Å². The van der Waals surface area contributed by atoms with Gasteiger partial charge in [-0.25, -0.2) is 4.79 Å². The van der Waals surface area contributed by atoms with Crippen molar-refractivity contribution in [3.63, 3.8) is 0 Å². The van der Waals surface area contributed by atoms with E-state index in [0.29, 0.717) is 18.5 Å². The summed E-state index contributed by atoms with van der Waals surface area (Å²) in [6.07, 6.45) is 6.79. The highest BCUT2D eigenvalue weighted by Crippen LogP contribution is 2.42. The third-order valence-corrected chi connectivity index (χ3v) is 3.81. The SMILES string of the molecule is CC(CNC(=O)OC(C)(C)C)NC1CC2CC=CC21. The molecule has 0 aromatic carbocycles. The van der Waals surface area contributed by atoms with Gasteiger partial charge in [-0.15, -0.1) is 0 Å². The van der Waals surface area contributed by atoms with Crippen molar-refractivity contribution in [2.75, 3.05) is 6.54 Å². The molecule has 2 N–H and O–H groups in total. The minimum Gasteiger partial charge on any atom is -0.444 e. The topological polar surface area (TPSA) is 50.4 Å². The van der Waals surface area contributed by atoms with Gasteiger partial charge in [-0.1, -0.05) is 12.2 Å². The average molecular weight is 266 g/mol. The Morgan fingerprint density at radius 3 is 2.84 bits per heavy atom. The average Bonchev–Trinajstić information content (AvgIpc) is 2.62. The van der Waals surface area contributed by atoms with Gasteiger partial charge in [0.05, 0.1) is 0 Å². The van der Waals surface area contributed by atoms with Crippen LogP contribution in [0.1, 0.15) is 40.5 Å². The molecule has 0 saturated heterocycles. The Hall–Kier alpha value is -1.03. The molecule has 2 aliphatic carbocycles. The fourth-order valence-electron chi connectivity index (χ4n) is 2.88. The van der Waals surface area contributed by atoms with Crippen molar-refractivity contribution in [3.8, 4) is 0 Å². The molecule has 4 unspecified atom stereocenters. The van der Waals surface area contributed by atoms with E-state index in [0.717, 1.165) is 5.92 Å². The van der Waals surface area contributed by atoms with Crippen LogP contribution in [0.5, 0.6) is 0 Å². The summed E-state index contributed by atoms with van der Waals surface area (Å²) in [5, 5.41) is 6.39. The predicted octanol–water partition coefficient (Wildman–Crippen LogP) is 2.45. The van der Waals surface area contributed by atoms with E-state index >= 15 is 0 Å². The molecular formula is C15H26N2O2. The van der Waals surface area contributed by atoms with Gasteiger partial charge >= 0.3 is 6.09 Å². The molecule has 1 amide bonds. The zero-order valence-corrected chi connectivity index (χ0v) is 12.4. The van der Waals surface area contributed by atoms with E-state index in [1.807, 2.05) is 20.8 Å². The Bertz CT molecular complexity index is 360. The zero-order valence-electron chi connectivity index (χ0n) is 12.4. The second kappa shape index (κ2) is 5.53. The van der Waals surface area contributed by atoms with Crippen LogP contribution in [0.25, 0.3) is 0 Å². The lowest BCUT2D eigenvalue weighted by atomic mass is 9.71. The van der Waals surface area contributed by atoms with Crippen molar-refractivity contribution >= 4 is 6.09 Å². The van der Waals surface area contributed by atoms with E-state index < -0.39 is 5.60 Å². The van der Waals surface area contributed by atoms with Crippen LogP contribution in [0.4, 0.5) is 4.79 Å². The lowest BCUT2D eigenvalue weighted by Crippen LogP contribution is -2.53. The number of alkyl carbamates (subject to hydrolysis) is 1. The van der Waals surface area contributed by atoms with Crippen molar-refractivity contribution in [2.24, 2.45) is 11.8 Å². The lowest BCUT2D eigenvalue weighted by Gasteiger charge is -2.42. The Labute approximate surface area is 116 Å². The predicted molar refractivity (Wildman–Crippen MR) is 76.0 cm³/mol. The Morgan fingerprint density at radius 2 is 2.21 bits per heavy atom. The van der Waals surface area contributed by atoms with E-state index in [1.165, 1.54) is 12.8 Å². The molecule has 19 heavy (non-hydrogen) atoms. The number of ether oxygens (including phenoxy) is 1. The second-order valence-corrected chi connectivity index (χ2v) is 6.79. The van der Waals surface area contributed by atoms with Gasteiger partial charge in [0.25, 0.3) is 0 Å². The van der Waals surface area contributed by atoms with E-state index in [1.54, 1.807) is 0 Å². The summed E-state index contributed by atoms with van der Waals surface area (Å²) in [6.45, 7) is 8.31. The van der Waals surface area contributed by atoms with E-state index in [-0.39, 0.29) is 12.1 Å². The summed E-state index contributed by atoms with van der Waals surface area (Å²) in [6, 6.07) is 0.853. The van der Waals surface area contributed by atoms with E-state index in [2.05, 4.69) is 29.7 Å². The molecule has 2 rings (SSSR count). The second-order valence-electron chi connectivity index (χ2n) is 6.79. The first-order chi connectivity index (χ1) is 8.85. The highest BCUT2D eigenvalue weighted by molar-refractivity contribution is 5.67. The van der Waals surface area contributed by atoms with Gasteiger partial charge in [-0.3, -0.25) is 0 Å². The minimum atomic E-state index is -0.434. The number of rotatable bonds is 4. The van der Waals surface area contributed by atoms with Crippen molar-refractivity contribution in [1.29, 1.82) is 0 Å². The van der Waals surface area contributed by atoms with Crippen LogP contribution in [0.2, 0.25) is 0 Å². The van der Waals surface area contributed by atoms with Crippen molar-refractivity contribution in [1.82, 2.24) is 10.6 Å². The maximum absolute atomic E-state index is 11.5. The van der Waals surface area contributed by atoms with Crippen molar-refractivity contribution in [3.05, 3.63) is 12.2 Å². The van der Waals surface area contributed by atoms with Gasteiger partial charge < -0.3 is 15.4 Å². The molecule has 108 valence electrons. The molecule has 0 aliphatic heterocycles. The van der Waals surface area contributed by atoms with Crippen LogP contribution < -0.4 is 10.6 Å². The van der Waals surface area contributed by atoms with Crippen LogP contribution in [0, 0.1) is 11.8 Å². The molecule has 0 aromatic rings. The quantitative estimate of drug-likeness (QED) is 0.769. The monoisotopic (exact) mass is 266 g/mol. The number of allylic oxidation sites excluding steroid dienone is 1. The standard InChI is InChI=1S/C15H26N2O2/c1-10(9-16-14(18)19-15(2,3)4)17-13-8-11-6-5-7-12(11)13/h5,7,10-13,17H,6,8-9H2,1-4H3,(H,16,18). The number of carbonyl (C=O) groups excluding carboxylic acids is 1. The Balaban J connectivity index is 1.63. The third-order valence-electron chi connectivity index (χ3n) is 3.81. The molecule has 1 fully saturated rings. The Morgan fingerprint density at radius 1 is 1.47 bits per heavy atom. The summed E-state index contributed by atoms with van der Waals surface area (Å²) in [5.74, 6) is 1.58. The Kier molecular flexibility index (Phi) is 4.19. The number of amides is 1. The number of hydrogen-bond donors (Lipinski definition) is 2. The van der Waals surface area contributed by atoms with E-state index in [9.17, 15) is 4.79 Å². The maximum Gasteiger partial charge on any atom is 0.407 e. The number of nitrogens with one attached hydrogen (secondary N) is 2. The first-order valence-electron chi connectivity index (χ1n) is 7.25. The molecule has 0 spiro atoms. The normalized spacial score (nSPS) is 30.4. The van der Waals surface area contributed by atoms with Gasteiger partial charge in [0.15, 0.2) is 0 Å². The summed E-state index contributed by atoms with van der Waals surface area (Å²) in [7, 11) is 0. The maximum atomic E-state index is 11.5. The summed E-state index contributed by atoms with van der Waals surface area (Å²) in [4.78, 5) is 11.5. The fourth-order valence-corrected chi connectivity index (χ4v) is 2.88. The van der Waals surface area contributed by atoms with Gasteiger partial charge in [0.1, 0.15) is 5.60 Å². The molecule has 4 atom stereocenters. The van der Waals surface area contributed by atoms with Crippen LogP contribution in [-0.4, -0.2) is 30.3 Å². The molecule has 4 nitrogen and oxygen atoms in total. The van der Waals surface area contributed by atoms with Gasteiger partial charge in [-0.05, 0) is 52.4 Å². The fraction of sp³-hybridized carbons (Fsp3) is 0.800. The van der Waals surface area contributed by atoms with Gasteiger partial charge in [0, 0.05) is 18.6 Å². The first kappa shape index (κ1) is 14.4. The highest BCUT2D eigenvalue weighted by atomic mass is 16.6. The molecule has 2 aliphatic rings. The van der Waals surface area contributed by atoms with Crippen LogP contribution in [-0.2, 0) is 4.74 Å². The molecule has 0 radical (unpaired) electrons. The number of fused-ring (bicyclic) bond motifs is 1. The molecule has 0 heterocycles. The zero-order chi connectivity index (χ0) is 14.0. The molecule has 1 saturated carbocycles. The number of carbonyl (C=O) groups is 1. The molecular weight excluding hydrogens is 240 g/mol. The molecule has 4 heteroatoms. The number of hydrogen-bond acceptors (Lipinski definition) is 3. The lowest BCUT2D eigenvalue weighted by molar-refractivity contribution is 0.0518. The minimum absolute atomic E-state index is 0.271. The smallest absolute Gasteiger partial charge is 0.407 e. The van der Waals surface area contributed by atoms with Gasteiger partial charge in [-0.2, -0.15) is 0 Å². The molecule has 0 aromatic heterocycles. The van der Waals surface area contributed by atoms with Crippen molar-refractivity contribution in [2.45, 2.75) is 58.2 Å². The third kappa shape index (κ3) is 3.96.